The Bertz CT molecular complexity index is 822. The fourth-order valence-corrected chi connectivity index (χ4v) is 4.71. The van der Waals surface area contributed by atoms with E-state index >= 15 is 0 Å². The van der Waals surface area contributed by atoms with Crippen molar-refractivity contribution in [1.82, 2.24) is 9.21 Å². The first-order valence-corrected chi connectivity index (χ1v) is 10.1. The number of carbonyl (C=O) groups is 2. The first-order chi connectivity index (χ1) is 12.2. The number of ether oxygens (including phenoxy) is 1. The predicted molar refractivity (Wildman–Crippen MR) is 93.3 cm³/mol. The average molecular weight is 382 g/mol. The normalized spacial score (nSPS) is 25.9. The third-order valence-corrected chi connectivity index (χ3v) is 6.56. The van der Waals surface area contributed by atoms with Gasteiger partial charge in [-0.1, -0.05) is 12.1 Å². The second-order valence-corrected chi connectivity index (χ2v) is 9.00. The Morgan fingerprint density at radius 1 is 1.23 bits per heavy atom. The van der Waals surface area contributed by atoms with Crippen LogP contribution in [0.1, 0.15) is 5.56 Å². The summed E-state index contributed by atoms with van der Waals surface area (Å²) in [6.07, 6.45) is 1.25. The molecule has 3 rings (SSSR count). The van der Waals surface area contributed by atoms with Crippen LogP contribution in [0.5, 0.6) is 5.75 Å². The molecule has 0 unspecified atom stereocenters. The molecular formula is C17H22N2O6S. The second-order valence-electron chi connectivity index (χ2n) is 7.01. The summed E-state index contributed by atoms with van der Waals surface area (Å²) in [5, 5.41) is 9.73. The molecule has 1 amide bonds. The number of hydrogen-bond acceptors (Lipinski definition) is 5. The minimum Gasteiger partial charge on any atom is -0.497 e. The monoisotopic (exact) mass is 382 g/mol. The Balaban J connectivity index is 1.72. The lowest BCUT2D eigenvalue weighted by molar-refractivity contribution is -0.148. The van der Waals surface area contributed by atoms with Gasteiger partial charge in [-0.15, -0.1) is 0 Å². The van der Waals surface area contributed by atoms with E-state index in [4.69, 9.17) is 4.74 Å². The fraction of sp³-hybridized carbons (Fsp3) is 0.529. The van der Waals surface area contributed by atoms with Gasteiger partial charge in [-0.05, 0) is 17.7 Å². The number of carboxylic acids is 1. The minimum absolute atomic E-state index is 0.0357. The van der Waals surface area contributed by atoms with Crippen molar-refractivity contribution in [3.05, 3.63) is 29.8 Å². The van der Waals surface area contributed by atoms with E-state index < -0.39 is 27.3 Å². The Hall–Kier alpha value is -2.13. The first-order valence-electron chi connectivity index (χ1n) is 8.25. The Kier molecular flexibility index (Phi) is 4.70. The number of benzene rings is 1. The molecule has 2 heterocycles. The van der Waals surface area contributed by atoms with E-state index in [2.05, 4.69) is 0 Å². The Morgan fingerprint density at radius 3 is 2.38 bits per heavy atom. The lowest BCUT2D eigenvalue weighted by atomic mass is 9.81. The molecule has 0 aromatic heterocycles. The van der Waals surface area contributed by atoms with E-state index in [1.165, 1.54) is 4.31 Å². The summed E-state index contributed by atoms with van der Waals surface area (Å²) in [6, 6.07) is 7.13. The van der Waals surface area contributed by atoms with Gasteiger partial charge >= 0.3 is 5.97 Å². The third-order valence-electron chi connectivity index (χ3n) is 5.34. The molecule has 2 atom stereocenters. The summed E-state index contributed by atoms with van der Waals surface area (Å²) in [4.78, 5) is 26.1. The van der Waals surface area contributed by atoms with Crippen LogP contribution in [0.25, 0.3) is 0 Å². The average Bonchev–Trinajstić information content (AvgIpc) is 3.10. The number of aliphatic carboxylic acids is 1. The molecular weight excluding hydrogens is 360 g/mol. The highest BCUT2D eigenvalue weighted by molar-refractivity contribution is 7.88. The maximum absolute atomic E-state index is 12.6. The van der Waals surface area contributed by atoms with E-state index in [9.17, 15) is 23.1 Å². The van der Waals surface area contributed by atoms with Crippen molar-refractivity contribution in [2.75, 3.05) is 39.5 Å². The van der Waals surface area contributed by atoms with Crippen LogP contribution in [0, 0.1) is 11.3 Å². The van der Waals surface area contributed by atoms with Crippen LogP contribution < -0.4 is 4.74 Å². The highest BCUT2D eigenvalue weighted by Crippen LogP contribution is 2.43. The summed E-state index contributed by atoms with van der Waals surface area (Å²) >= 11 is 0. The summed E-state index contributed by atoms with van der Waals surface area (Å²) < 4.78 is 29.9. The van der Waals surface area contributed by atoms with E-state index in [1.54, 1.807) is 36.3 Å². The van der Waals surface area contributed by atoms with Crippen LogP contribution in [0.4, 0.5) is 0 Å². The topological polar surface area (TPSA) is 104 Å². The first kappa shape index (κ1) is 18.7. The van der Waals surface area contributed by atoms with Crippen LogP contribution in [-0.4, -0.2) is 74.2 Å². The molecule has 2 saturated heterocycles. The van der Waals surface area contributed by atoms with Gasteiger partial charge in [0, 0.05) is 32.1 Å². The standard InChI is InChI=1S/C17H22N2O6S/c1-25-14-5-3-12(4-6-14)7-15(20)18-8-13-9-19(26(2,23)24)11-17(13,10-18)16(21)22/h3-6,13H,7-11H2,1-2H3,(H,21,22)/t13-,17-/m1/s1. The Labute approximate surface area is 152 Å². The number of likely N-dealkylation sites (tertiary alicyclic amines) is 1. The van der Waals surface area contributed by atoms with Crippen molar-refractivity contribution < 1.29 is 27.9 Å². The zero-order valence-electron chi connectivity index (χ0n) is 14.7. The van der Waals surface area contributed by atoms with Crippen molar-refractivity contribution in [1.29, 1.82) is 0 Å². The van der Waals surface area contributed by atoms with Crippen molar-refractivity contribution in [2.24, 2.45) is 11.3 Å². The smallest absolute Gasteiger partial charge is 0.313 e. The van der Waals surface area contributed by atoms with Crippen molar-refractivity contribution in [3.63, 3.8) is 0 Å². The molecule has 1 aromatic rings. The number of nitrogens with zero attached hydrogens (tertiary/aromatic N) is 2. The lowest BCUT2D eigenvalue weighted by Gasteiger charge is -2.24. The molecule has 0 saturated carbocycles. The number of hydrogen-bond donors (Lipinski definition) is 1. The number of sulfonamides is 1. The number of fused-ring (bicyclic) bond motifs is 1. The van der Waals surface area contributed by atoms with Crippen molar-refractivity contribution >= 4 is 21.9 Å². The fourth-order valence-electron chi connectivity index (χ4n) is 3.79. The molecule has 2 aliphatic heterocycles. The van der Waals surface area contributed by atoms with Gasteiger partial charge in [0.05, 0.1) is 19.8 Å². The zero-order valence-corrected chi connectivity index (χ0v) is 15.5. The van der Waals surface area contributed by atoms with Gasteiger partial charge < -0.3 is 14.7 Å². The summed E-state index contributed by atoms with van der Waals surface area (Å²) in [6.45, 7) is 0.344. The molecule has 0 aliphatic carbocycles. The van der Waals surface area contributed by atoms with E-state index in [0.29, 0.717) is 5.75 Å². The zero-order chi connectivity index (χ0) is 19.1. The van der Waals surface area contributed by atoms with E-state index in [1.807, 2.05) is 0 Å². The SMILES string of the molecule is COc1ccc(CC(=O)N2C[C@@H]3CN(S(C)(=O)=O)C[C@]3(C(=O)O)C2)cc1. The van der Waals surface area contributed by atoms with Gasteiger partial charge in [-0.25, -0.2) is 12.7 Å². The number of carbonyl (C=O) groups excluding carboxylic acids is 1. The number of carboxylic acid groups (broad SMARTS) is 1. The quantitative estimate of drug-likeness (QED) is 0.771. The van der Waals surface area contributed by atoms with Crippen LogP contribution in [0.3, 0.4) is 0 Å². The second kappa shape index (κ2) is 6.55. The van der Waals surface area contributed by atoms with Crippen molar-refractivity contribution in [3.8, 4) is 5.75 Å². The molecule has 2 aliphatic rings. The van der Waals surface area contributed by atoms with Crippen LogP contribution in [-0.2, 0) is 26.0 Å². The molecule has 26 heavy (non-hydrogen) atoms. The minimum atomic E-state index is -3.45. The van der Waals surface area contributed by atoms with Gasteiger partial charge in [0.2, 0.25) is 15.9 Å². The molecule has 8 nitrogen and oxygen atoms in total. The third kappa shape index (κ3) is 3.28. The van der Waals surface area contributed by atoms with E-state index in [-0.39, 0.29) is 38.5 Å². The van der Waals surface area contributed by atoms with Gasteiger partial charge in [-0.2, -0.15) is 0 Å². The highest BCUT2D eigenvalue weighted by Gasteiger charge is 2.59. The maximum atomic E-state index is 12.6. The maximum Gasteiger partial charge on any atom is 0.313 e. The molecule has 2 fully saturated rings. The molecule has 9 heteroatoms. The molecule has 142 valence electrons. The predicted octanol–water partition coefficient (Wildman–Crippen LogP) is 0.0423. The van der Waals surface area contributed by atoms with Gasteiger partial charge in [0.1, 0.15) is 11.2 Å². The largest absolute Gasteiger partial charge is 0.497 e. The van der Waals surface area contributed by atoms with Gasteiger partial charge in [-0.3, -0.25) is 9.59 Å². The number of methoxy groups -OCH3 is 1. The van der Waals surface area contributed by atoms with Gasteiger partial charge in [0.25, 0.3) is 0 Å². The Morgan fingerprint density at radius 2 is 1.88 bits per heavy atom. The summed E-state index contributed by atoms with van der Waals surface area (Å²) in [5.74, 6) is -0.901. The highest BCUT2D eigenvalue weighted by atomic mass is 32.2. The molecule has 0 radical (unpaired) electrons. The van der Waals surface area contributed by atoms with Crippen molar-refractivity contribution in [2.45, 2.75) is 6.42 Å². The molecule has 1 aromatic carbocycles. The summed E-state index contributed by atoms with van der Waals surface area (Å²) in [7, 11) is -1.89. The lowest BCUT2D eigenvalue weighted by Crippen LogP contribution is -2.43. The van der Waals surface area contributed by atoms with Crippen LogP contribution in [0.15, 0.2) is 24.3 Å². The number of rotatable bonds is 5. The molecule has 0 bridgehead atoms. The molecule has 0 spiro atoms. The summed E-state index contributed by atoms with van der Waals surface area (Å²) in [5.41, 5.74) is -0.409. The van der Waals surface area contributed by atoms with Gasteiger partial charge in [0.15, 0.2) is 0 Å². The van der Waals surface area contributed by atoms with Crippen LogP contribution >= 0.6 is 0 Å². The number of amides is 1. The van der Waals surface area contributed by atoms with Crippen LogP contribution in [0.2, 0.25) is 0 Å². The molecule has 1 N–H and O–H groups in total. The van der Waals surface area contributed by atoms with E-state index in [0.717, 1.165) is 11.8 Å².